The molecular formula is C22H28N6O. The Morgan fingerprint density at radius 1 is 1.24 bits per heavy atom. The molecule has 3 N–H and O–H groups in total. The first-order valence-electron chi connectivity index (χ1n) is 10.4. The Morgan fingerprint density at radius 2 is 2.07 bits per heavy atom. The molecular weight excluding hydrogens is 364 g/mol. The Kier molecular flexibility index (Phi) is 5.81. The Morgan fingerprint density at radius 3 is 2.79 bits per heavy atom. The van der Waals surface area contributed by atoms with Gasteiger partial charge in [-0.2, -0.15) is 5.26 Å². The van der Waals surface area contributed by atoms with Crippen LogP contribution in [-0.2, 0) is 5.41 Å². The molecule has 0 aromatic carbocycles. The number of aromatic nitrogens is 2. The molecule has 152 valence electrons. The summed E-state index contributed by atoms with van der Waals surface area (Å²) in [6.45, 7) is 3.86. The van der Waals surface area contributed by atoms with E-state index in [1.165, 1.54) is 19.3 Å². The maximum atomic E-state index is 9.70. The number of piperidine rings is 1. The number of hydrogen-bond acceptors (Lipinski definition) is 7. The van der Waals surface area contributed by atoms with Crippen molar-refractivity contribution in [3.05, 3.63) is 42.4 Å². The monoisotopic (exact) mass is 392 g/mol. The minimum atomic E-state index is -0.519. The van der Waals surface area contributed by atoms with Gasteiger partial charge in [0.1, 0.15) is 12.0 Å². The Balaban J connectivity index is 1.32. The van der Waals surface area contributed by atoms with Gasteiger partial charge in [0.25, 0.3) is 0 Å². The molecule has 1 saturated heterocycles. The van der Waals surface area contributed by atoms with Crippen LogP contribution in [0.2, 0.25) is 0 Å². The van der Waals surface area contributed by atoms with Crippen LogP contribution in [0.3, 0.4) is 0 Å². The summed E-state index contributed by atoms with van der Waals surface area (Å²) in [6, 6.07) is 10.2. The van der Waals surface area contributed by atoms with E-state index < -0.39 is 5.41 Å². The molecule has 0 amide bonds. The van der Waals surface area contributed by atoms with Gasteiger partial charge in [0.15, 0.2) is 0 Å². The second-order valence-electron chi connectivity index (χ2n) is 8.02. The molecule has 0 radical (unpaired) electrons. The number of rotatable bonds is 7. The first kappa shape index (κ1) is 19.5. The normalized spacial score (nSPS) is 24.3. The molecule has 0 unspecified atom stereocenters. The predicted molar refractivity (Wildman–Crippen MR) is 113 cm³/mol. The van der Waals surface area contributed by atoms with Crippen molar-refractivity contribution in [1.29, 1.82) is 5.26 Å². The minimum absolute atomic E-state index is 0.169. The Bertz CT molecular complexity index is 853. The Hall–Kier alpha value is -2.85. The van der Waals surface area contributed by atoms with Gasteiger partial charge in [-0.15, -0.1) is 0 Å². The highest BCUT2D eigenvalue weighted by molar-refractivity contribution is 5.67. The molecule has 2 aliphatic rings. The lowest BCUT2D eigenvalue weighted by Crippen LogP contribution is -2.48. The van der Waals surface area contributed by atoms with Crippen LogP contribution in [0.25, 0.3) is 0 Å². The van der Waals surface area contributed by atoms with Gasteiger partial charge in [-0.1, -0.05) is 12.5 Å². The number of pyridine rings is 2. The lowest BCUT2D eigenvalue weighted by molar-refractivity contribution is 0.180. The third kappa shape index (κ3) is 4.43. The van der Waals surface area contributed by atoms with E-state index >= 15 is 0 Å². The van der Waals surface area contributed by atoms with Crippen molar-refractivity contribution in [2.24, 2.45) is 0 Å². The van der Waals surface area contributed by atoms with Crippen LogP contribution >= 0.6 is 0 Å². The van der Waals surface area contributed by atoms with Crippen molar-refractivity contribution in [3.63, 3.8) is 0 Å². The number of ether oxygens (including phenoxy) is 1. The van der Waals surface area contributed by atoms with Crippen LogP contribution < -0.4 is 15.8 Å². The van der Waals surface area contributed by atoms with E-state index in [0.29, 0.717) is 31.0 Å². The van der Waals surface area contributed by atoms with Gasteiger partial charge in [-0.25, -0.2) is 4.98 Å². The summed E-state index contributed by atoms with van der Waals surface area (Å²) in [5.74, 6) is 0.578. The fourth-order valence-corrected chi connectivity index (χ4v) is 4.22. The summed E-state index contributed by atoms with van der Waals surface area (Å²) in [7, 11) is 0. The number of nitrogen functional groups attached to an aromatic ring is 1. The molecule has 0 atom stereocenters. The summed E-state index contributed by atoms with van der Waals surface area (Å²) in [5, 5.41) is 13.2. The summed E-state index contributed by atoms with van der Waals surface area (Å²) in [6.07, 6.45) is 8.66. The second-order valence-corrected chi connectivity index (χ2v) is 8.02. The third-order valence-corrected chi connectivity index (χ3v) is 5.93. The summed E-state index contributed by atoms with van der Waals surface area (Å²) < 4.78 is 5.86. The van der Waals surface area contributed by atoms with E-state index in [4.69, 9.17) is 10.5 Å². The summed E-state index contributed by atoms with van der Waals surface area (Å²) in [5.41, 5.74) is 7.82. The molecule has 1 saturated carbocycles. The molecule has 0 bridgehead atoms. The van der Waals surface area contributed by atoms with Gasteiger partial charge in [0.05, 0.1) is 29.3 Å². The van der Waals surface area contributed by atoms with Crippen LogP contribution in [0, 0.1) is 11.3 Å². The summed E-state index contributed by atoms with van der Waals surface area (Å²) >= 11 is 0. The topological polar surface area (TPSA) is 100 Å². The quantitative estimate of drug-likeness (QED) is 0.747. The number of anilines is 2. The zero-order valence-corrected chi connectivity index (χ0v) is 16.7. The molecule has 3 heterocycles. The zero-order chi connectivity index (χ0) is 20.1. The molecule has 29 heavy (non-hydrogen) atoms. The van der Waals surface area contributed by atoms with E-state index in [1.54, 1.807) is 12.4 Å². The lowest BCUT2D eigenvalue weighted by Gasteiger charge is -2.43. The molecule has 1 aliphatic heterocycles. The van der Waals surface area contributed by atoms with Crippen molar-refractivity contribution >= 4 is 11.4 Å². The zero-order valence-electron chi connectivity index (χ0n) is 16.7. The second kappa shape index (κ2) is 8.66. The maximum Gasteiger partial charge on any atom is 0.215 e. The van der Waals surface area contributed by atoms with Crippen LogP contribution in [-0.4, -0.2) is 47.2 Å². The molecule has 2 fully saturated rings. The number of likely N-dealkylation sites (tertiary alicyclic amines) is 1. The van der Waals surface area contributed by atoms with E-state index in [2.05, 4.69) is 26.3 Å². The van der Waals surface area contributed by atoms with Crippen molar-refractivity contribution < 1.29 is 4.74 Å². The minimum Gasteiger partial charge on any atom is -0.476 e. The van der Waals surface area contributed by atoms with Crippen molar-refractivity contribution in [2.75, 3.05) is 37.3 Å². The van der Waals surface area contributed by atoms with Gasteiger partial charge >= 0.3 is 0 Å². The summed E-state index contributed by atoms with van der Waals surface area (Å²) in [4.78, 5) is 11.1. The predicted octanol–water partition coefficient (Wildman–Crippen LogP) is 2.96. The van der Waals surface area contributed by atoms with Crippen molar-refractivity contribution in [3.8, 4) is 11.9 Å². The highest BCUT2D eigenvalue weighted by atomic mass is 16.5. The van der Waals surface area contributed by atoms with Gasteiger partial charge < -0.3 is 15.8 Å². The van der Waals surface area contributed by atoms with E-state index in [0.717, 1.165) is 31.0 Å². The smallest absolute Gasteiger partial charge is 0.215 e. The Labute approximate surface area is 171 Å². The van der Waals surface area contributed by atoms with Gasteiger partial charge in [-0.3, -0.25) is 9.88 Å². The van der Waals surface area contributed by atoms with Crippen LogP contribution in [0.15, 0.2) is 36.7 Å². The largest absolute Gasteiger partial charge is 0.476 e. The number of nitrogens with one attached hydrogen (secondary N) is 1. The van der Waals surface area contributed by atoms with Crippen LogP contribution in [0.4, 0.5) is 11.4 Å². The van der Waals surface area contributed by atoms with E-state index in [1.807, 2.05) is 24.3 Å². The molecule has 2 aromatic heterocycles. The van der Waals surface area contributed by atoms with Crippen LogP contribution in [0.5, 0.6) is 5.88 Å². The van der Waals surface area contributed by atoms with Crippen molar-refractivity contribution in [1.82, 2.24) is 14.9 Å². The van der Waals surface area contributed by atoms with Gasteiger partial charge in [0.2, 0.25) is 5.88 Å². The fourth-order valence-electron chi connectivity index (χ4n) is 4.22. The van der Waals surface area contributed by atoms with Gasteiger partial charge in [-0.05, 0) is 50.9 Å². The molecule has 1 aliphatic carbocycles. The average Bonchev–Trinajstić information content (AvgIpc) is 2.74. The number of nitrogens with two attached hydrogens (primary N) is 1. The van der Waals surface area contributed by atoms with Gasteiger partial charge in [0, 0.05) is 24.8 Å². The first-order chi connectivity index (χ1) is 14.2. The number of hydrogen-bond donors (Lipinski definition) is 2. The highest BCUT2D eigenvalue weighted by Gasteiger charge is 2.47. The first-order valence-corrected chi connectivity index (χ1v) is 10.4. The SMILES string of the molecule is N#CC1(c2ccccn2)CC(Nc2cc(OCCN3CCCCC3)ncc2N)C1. The maximum absolute atomic E-state index is 9.70. The highest BCUT2D eigenvalue weighted by Crippen LogP contribution is 2.44. The van der Waals surface area contributed by atoms with Crippen LogP contribution in [0.1, 0.15) is 37.8 Å². The molecule has 0 spiro atoms. The molecule has 2 aromatic rings. The molecule has 7 nitrogen and oxygen atoms in total. The van der Waals surface area contributed by atoms with E-state index in [9.17, 15) is 5.26 Å². The van der Waals surface area contributed by atoms with Crippen molar-refractivity contribution in [2.45, 2.75) is 43.6 Å². The number of nitriles is 1. The molecule has 7 heteroatoms. The molecule has 4 rings (SSSR count). The number of nitrogens with zero attached hydrogens (tertiary/aromatic N) is 4. The lowest BCUT2D eigenvalue weighted by atomic mass is 9.64. The standard InChI is InChI=1S/C22H28N6O/c23-16-22(20-6-2-3-7-25-20)13-17(14-22)27-19-12-21(26-15-18(19)24)29-11-10-28-8-4-1-5-9-28/h2-3,6-7,12,15,17H,1,4-5,8-11,13-14,24H2,(H,26,27). The fraction of sp³-hybridized carbons (Fsp3) is 0.500. The average molecular weight is 393 g/mol. The third-order valence-electron chi connectivity index (χ3n) is 5.93. The van der Waals surface area contributed by atoms with E-state index in [-0.39, 0.29) is 6.04 Å².